The Balaban J connectivity index is 1.44. The average Bonchev–Trinajstić information content (AvgIpc) is 3.32. The number of nitrogens with zero attached hydrogens (tertiary/aromatic N) is 2. The first kappa shape index (κ1) is 22.9. The van der Waals surface area contributed by atoms with Gasteiger partial charge in [0.05, 0.1) is 22.6 Å². The highest BCUT2D eigenvalue weighted by Gasteiger charge is 2.19. The number of aromatic nitrogens is 1. The molecule has 0 unspecified atom stereocenters. The Morgan fingerprint density at radius 3 is 2.26 bits per heavy atom. The van der Waals surface area contributed by atoms with E-state index in [1.54, 1.807) is 53.9 Å². The van der Waals surface area contributed by atoms with Gasteiger partial charge in [-0.1, -0.05) is 48.5 Å². The van der Waals surface area contributed by atoms with Crippen molar-refractivity contribution in [2.45, 2.75) is 13.5 Å². The first-order chi connectivity index (χ1) is 16.5. The molecule has 0 saturated carbocycles. The highest BCUT2D eigenvalue weighted by Crippen LogP contribution is 2.29. The van der Waals surface area contributed by atoms with Gasteiger partial charge < -0.3 is 10.1 Å². The largest absolute Gasteiger partial charge is 0.455 e. The fourth-order valence-electron chi connectivity index (χ4n) is 3.24. The number of anilines is 3. The lowest BCUT2D eigenvalue weighted by Crippen LogP contribution is -2.22. The molecule has 0 spiro atoms. The molecule has 2 amide bonds. The minimum Gasteiger partial charge on any atom is -0.455 e. The average molecular weight is 472 g/mol. The van der Waals surface area contributed by atoms with Crippen LogP contribution >= 0.6 is 11.3 Å². The number of benzene rings is 3. The van der Waals surface area contributed by atoms with Crippen molar-refractivity contribution in [3.8, 4) is 0 Å². The molecule has 0 saturated heterocycles. The van der Waals surface area contributed by atoms with E-state index in [9.17, 15) is 14.4 Å². The predicted octanol–water partition coefficient (Wildman–Crippen LogP) is 5.44. The smallest absolute Gasteiger partial charge is 0.340 e. The Morgan fingerprint density at radius 2 is 1.56 bits per heavy atom. The van der Waals surface area contributed by atoms with E-state index in [4.69, 9.17) is 4.74 Å². The summed E-state index contributed by atoms with van der Waals surface area (Å²) in [7, 11) is 0. The van der Waals surface area contributed by atoms with E-state index >= 15 is 0 Å². The lowest BCUT2D eigenvalue weighted by atomic mass is 10.1. The Kier molecular flexibility index (Phi) is 7.10. The van der Waals surface area contributed by atoms with E-state index in [1.807, 2.05) is 36.4 Å². The van der Waals surface area contributed by atoms with Gasteiger partial charge >= 0.3 is 5.97 Å². The van der Waals surface area contributed by atoms with Gasteiger partial charge in [0.15, 0.2) is 5.13 Å². The van der Waals surface area contributed by atoms with Crippen LogP contribution in [0.1, 0.15) is 33.3 Å². The first-order valence-electron chi connectivity index (χ1n) is 10.5. The third kappa shape index (κ3) is 5.36. The summed E-state index contributed by atoms with van der Waals surface area (Å²) < 4.78 is 5.45. The van der Waals surface area contributed by atoms with Crippen LogP contribution in [0.5, 0.6) is 0 Å². The van der Waals surface area contributed by atoms with Crippen LogP contribution in [0.25, 0.3) is 0 Å². The van der Waals surface area contributed by atoms with E-state index in [0.717, 1.165) is 0 Å². The number of hydrogen-bond donors (Lipinski definition) is 1. The van der Waals surface area contributed by atoms with Crippen molar-refractivity contribution >= 4 is 45.6 Å². The second-order valence-electron chi connectivity index (χ2n) is 7.25. The Bertz CT molecular complexity index is 1310. The highest BCUT2D eigenvalue weighted by atomic mass is 32.1. The quantitative estimate of drug-likeness (QED) is 0.363. The standard InChI is InChI=1S/C26H21N3O4S/c1-18(30)29(21-12-6-3-7-13-21)26-27-20(17-34-26)16-33-25(32)22-14-8-9-15-23(22)28-24(31)19-10-4-2-5-11-19/h2-15,17H,16H2,1H3,(H,28,31). The SMILES string of the molecule is CC(=O)N(c1ccccc1)c1nc(COC(=O)c2ccccc2NC(=O)c2ccccc2)cs1. The molecule has 170 valence electrons. The second-order valence-corrected chi connectivity index (χ2v) is 8.09. The summed E-state index contributed by atoms with van der Waals surface area (Å²) in [5.74, 6) is -1.09. The van der Waals surface area contributed by atoms with E-state index in [1.165, 1.54) is 23.2 Å². The molecule has 34 heavy (non-hydrogen) atoms. The second kappa shape index (κ2) is 10.5. The van der Waals surface area contributed by atoms with Crippen LogP contribution in [0.2, 0.25) is 0 Å². The molecule has 7 nitrogen and oxygen atoms in total. The molecule has 0 aliphatic heterocycles. The molecule has 4 aromatic rings. The van der Waals surface area contributed by atoms with Crippen molar-refractivity contribution in [2.75, 3.05) is 10.2 Å². The van der Waals surface area contributed by atoms with Crippen LogP contribution in [-0.2, 0) is 16.1 Å². The predicted molar refractivity (Wildman–Crippen MR) is 131 cm³/mol. The Hall–Kier alpha value is -4.30. The molecule has 3 aromatic carbocycles. The zero-order valence-corrected chi connectivity index (χ0v) is 19.1. The van der Waals surface area contributed by atoms with Crippen molar-refractivity contribution in [1.82, 2.24) is 4.98 Å². The zero-order chi connectivity index (χ0) is 23.9. The number of ether oxygens (including phenoxy) is 1. The summed E-state index contributed by atoms with van der Waals surface area (Å²) in [5, 5.41) is 4.99. The van der Waals surface area contributed by atoms with Crippen LogP contribution < -0.4 is 10.2 Å². The van der Waals surface area contributed by atoms with Crippen LogP contribution in [0.15, 0.2) is 90.3 Å². The van der Waals surface area contributed by atoms with Crippen molar-refractivity contribution in [3.05, 3.63) is 107 Å². The van der Waals surface area contributed by atoms with Gasteiger partial charge in [0.2, 0.25) is 5.91 Å². The van der Waals surface area contributed by atoms with Gasteiger partial charge in [-0.25, -0.2) is 9.78 Å². The number of amides is 2. The fraction of sp³-hybridized carbons (Fsp3) is 0.0769. The molecule has 1 heterocycles. The molecular formula is C26H21N3O4S. The van der Waals surface area contributed by atoms with Gasteiger partial charge in [0.1, 0.15) is 6.61 Å². The monoisotopic (exact) mass is 471 g/mol. The summed E-state index contributed by atoms with van der Waals surface area (Å²) in [5.41, 5.74) is 2.29. The zero-order valence-electron chi connectivity index (χ0n) is 18.3. The van der Waals surface area contributed by atoms with Crippen LogP contribution in [0.3, 0.4) is 0 Å². The number of para-hydroxylation sites is 2. The molecule has 0 aliphatic rings. The maximum atomic E-state index is 12.8. The van der Waals surface area contributed by atoms with E-state index in [0.29, 0.717) is 27.8 Å². The van der Waals surface area contributed by atoms with Gasteiger partial charge in [-0.15, -0.1) is 11.3 Å². The summed E-state index contributed by atoms with van der Waals surface area (Å²) >= 11 is 1.28. The molecule has 1 aromatic heterocycles. The van der Waals surface area contributed by atoms with Gasteiger partial charge in [0.25, 0.3) is 5.91 Å². The summed E-state index contributed by atoms with van der Waals surface area (Å²) in [6.07, 6.45) is 0. The Labute approximate surface area is 200 Å². The highest BCUT2D eigenvalue weighted by molar-refractivity contribution is 7.14. The number of hydrogen-bond acceptors (Lipinski definition) is 6. The molecule has 0 atom stereocenters. The normalized spacial score (nSPS) is 10.4. The van der Waals surface area contributed by atoms with Crippen LogP contribution in [0, 0.1) is 0 Å². The first-order valence-corrected chi connectivity index (χ1v) is 11.3. The number of rotatable bonds is 7. The third-order valence-corrected chi connectivity index (χ3v) is 5.72. The van der Waals surface area contributed by atoms with Crippen LogP contribution in [-0.4, -0.2) is 22.8 Å². The number of esters is 1. The van der Waals surface area contributed by atoms with Crippen molar-refractivity contribution in [3.63, 3.8) is 0 Å². The Morgan fingerprint density at radius 1 is 0.912 bits per heavy atom. The number of carbonyl (C=O) groups is 3. The number of nitrogens with one attached hydrogen (secondary N) is 1. The maximum Gasteiger partial charge on any atom is 0.340 e. The van der Waals surface area contributed by atoms with Crippen molar-refractivity contribution < 1.29 is 19.1 Å². The molecule has 0 bridgehead atoms. The minimum absolute atomic E-state index is 0.0726. The molecule has 0 aliphatic carbocycles. The molecule has 8 heteroatoms. The van der Waals surface area contributed by atoms with Crippen molar-refractivity contribution in [1.29, 1.82) is 0 Å². The topological polar surface area (TPSA) is 88.6 Å². The van der Waals surface area contributed by atoms with Gasteiger partial charge in [0, 0.05) is 17.9 Å². The number of thiazole rings is 1. The van der Waals surface area contributed by atoms with E-state index in [2.05, 4.69) is 10.3 Å². The molecular weight excluding hydrogens is 450 g/mol. The lowest BCUT2D eigenvalue weighted by molar-refractivity contribution is -0.115. The molecule has 0 fully saturated rings. The van der Waals surface area contributed by atoms with Crippen LogP contribution in [0.4, 0.5) is 16.5 Å². The van der Waals surface area contributed by atoms with Crippen molar-refractivity contribution in [2.24, 2.45) is 0 Å². The molecule has 4 rings (SSSR count). The van der Waals surface area contributed by atoms with Gasteiger partial charge in [-0.05, 0) is 36.4 Å². The third-order valence-electron chi connectivity index (χ3n) is 4.84. The number of carbonyl (C=O) groups excluding carboxylic acids is 3. The molecule has 1 N–H and O–H groups in total. The molecule has 0 radical (unpaired) electrons. The fourth-order valence-corrected chi connectivity index (χ4v) is 4.11. The minimum atomic E-state index is -0.593. The maximum absolute atomic E-state index is 12.8. The summed E-state index contributed by atoms with van der Waals surface area (Å²) in [6, 6.07) is 24.6. The lowest BCUT2D eigenvalue weighted by Gasteiger charge is -2.17. The van der Waals surface area contributed by atoms with Gasteiger partial charge in [-0.2, -0.15) is 0 Å². The summed E-state index contributed by atoms with van der Waals surface area (Å²) in [6.45, 7) is 1.39. The van der Waals surface area contributed by atoms with Gasteiger partial charge in [-0.3, -0.25) is 14.5 Å². The van der Waals surface area contributed by atoms with E-state index < -0.39 is 5.97 Å². The summed E-state index contributed by atoms with van der Waals surface area (Å²) in [4.78, 5) is 43.4. The van der Waals surface area contributed by atoms with E-state index in [-0.39, 0.29) is 24.0 Å².